The zero-order chi connectivity index (χ0) is 21.2. The van der Waals surface area contributed by atoms with E-state index >= 15 is 0 Å². The average molecular weight is 412 g/mol. The summed E-state index contributed by atoms with van der Waals surface area (Å²) < 4.78 is 5.37. The lowest BCUT2D eigenvalue weighted by atomic mass is 10.1. The number of hydrogen-bond donors (Lipinski definition) is 1. The molecule has 1 aliphatic heterocycles. The maximum Gasteiger partial charge on any atom is 0.254 e. The molecular formula is C25H24N4O2. The molecule has 0 spiro atoms. The Balaban J connectivity index is 1.49. The van der Waals surface area contributed by atoms with Gasteiger partial charge in [-0.1, -0.05) is 18.2 Å². The van der Waals surface area contributed by atoms with Gasteiger partial charge in [0.2, 0.25) is 0 Å². The number of carbonyl (C=O) groups is 1. The van der Waals surface area contributed by atoms with Crippen molar-refractivity contribution in [2.24, 2.45) is 0 Å². The molecule has 1 fully saturated rings. The Morgan fingerprint density at radius 1 is 1.13 bits per heavy atom. The van der Waals surface area contributed by atoms with Gasteiger partial charge in [-0.05, 0) is 42.8 Å². The molecule has 0 radical (unpaired) electrons. The van der Waals surface area contributed by atoms with E-state index in [9.17, 15) is 4.79 Å². The van der Waals surface area contributed by atoms with Crippen LogP contribution in [0.1, 0.15) is 27.2 Å². The second-order valence-electron chi connectivity index (χ2n) is 7.82. The van der Waals surface area contributed by atoms with Crippen molar-refractivity contribution in [2.45, 2.75) is 13.3 Å². The standard InChI is InChI=1S/C25H24N4O2/c1-17-7-8-18(25(30)29-10-12-31-13-11-29)14-22(17)28-24-15-23(19-4-3-9-26-16-19)27-21-6-2-5-20(21)24/h2-5,7-9,14-16H,6,10-13H2,1H3,(H,27,28). The maximum atomic E-state index is 13.0. The fraction of sp³-hybridized carbons (Fsp3) is 0.240. The van der Waals surface area contributed by atoms with E-state index in [1.54, 1.807) is 6.20 Å². The lowest BCUT2D eigenvalue weighted by Gasteiger charge is -2.27. The van der Waals surface area contributed by atoms with Crippen LogP contribution in [0.2, 0.25) is 0 Å². The second kappa shape index (κ2) is 8.32. The van der Waals surface area contributed by atoms with E-state index < -0.39 is 0 Å². The van der Waals surface area contributed by atoms with Gasteiger partial charge in [0.05, 0.1) is 24.6 Å². The number of amides is 1. The van der Waals surface area contributed by atoms with Gasteiger partial charge >= 0.3 is 0 Å². The minimum absolute atomic E-state index is 0.0438. The Bertz CT molecular complexity index is 1150. The van der Waals surface area contributed by atoms with Crippen molar-refractivity contribution in [2.75, 3.05) is 31.6 Å². The highest BCUT2D eigenvalue weighted by Crippen LogP contribution is 2.33. The number of hydrogen-bond acceptors (Lipinski definition) is 5. The Morgan fingerprint density at radius 3 is 2.81 bits per heavy atom. The molecule has 6 nitrogen and oxygen atoms in total. The molecule has 0 unspecified atom stereocenters. The van der Waals surface area contributed by atoms with Crippen LogP contribution in [0.15, 0.2) is 54.9 Å². The lowest BCUT2D eigenvalue weighted by Crippen LogP contribution is -2.40. The Hall–Kier alpha value is -3.51. The summed E-state index contributed by atoms with van der Waals surface area (Å²) in [5.74, 6) is 0.0438. The highest BCUT2D eigenvalue weighted by atomic mass is 16.5. The summed E-state index contributed by atoms with van der Waals surface area (Å²) in [5, 5.41) is 3.57. The van der Waals surface area contributed by atoms with E-state index in [4.69, 9.17) is 9.72 Å². The van der Waals surface area contributed by atoms with E-state index in [1.807, 2.05) is 48.4 Å². The van der Waals surface area contributed by atoms with Gasteiger partial charge in [0.25, 0.3) is 5.91 Å². The van der Waals surface area contributed by atoms with Crippen molar-refractivity contribution in [3.63, 3.8) is 0 Å². The summed E-state index contributed by atoms with van der Waals surface area (Å²) in [6, 6.07) is 11.8. The van der Waals surface area contributed by atoms with E-state index in [2.05, 4.69) is 28.5 Å². The molecule has 0 atom stereocenters. The summed E-state index contributed by atoms with van der Waals surface area (Å²) in [5.41, 5.74) is 7.67. The topological polar surface area (TPSA) is 67.3 Å². The maximum absolute atomic E-state index is 13.0. The molecule has 1 N–H and O–H groups in total. The average Bonchev–Trinajstić information content (AvgIpc) is 3.30. The molecule has 31 heavy (non-hydrogen) atoms. The molecule has 0 saturated carbocycles. The highest BCUT2D eigenvalue weighted by Gasteiger charge is 2.20. The molecule has 3 aromatic rings. The smallest absolute Gasteiger partial charge is 0.254 e. The number of aromatic nitrogens is 2. The zero-order valence-corrected chi connectivity index (χ0v) is 17.5. The van der Waals surface area contributed by atoms with Crippen molar-refractivity contribution in [3.05, 3.63) is 77.3 Å². The van der Waals surface area contributed by atoms with Crippen LogP contribution in [0.25, 0.3) is 17.3 Å². The number of nitrogens with one attached hydrogen (secondary N) is 1. The van der Waals surface area contributed by atoms with Crippen molar-refractivity contribution < 1.29 is 9.53 Å². The first-order chi connectivity index (χ1) is 15.2. The van der Waals surface area contributed by atoms with Gasteiger partial charge in [0.1, 0.15) is 0 Å². The molecule has 1 aromatic carbocycles. The third-order valence-corrected chi connectivity index (χ3v) is 5.74. The number of fused-ring (bicyclic) bond motifs is 1. The minimum atomic E-state index is 0.0438. The van der Waals surface area contributed by atoms with Gasteiger partial charge in [0.15, 0.2) is 0 Å². The molecule has 3 heterocycles. The second-order valence-corrected chi connectivity index (χ2v) is 7.82. The Morgan fingerprint density at radius 2 is 2.00 bits per heavy atom. The van der Waals surface area contributed by atoms with Gasteiger partial charge in [0, 0.05) is 60.0 Å². The fourth-order valence-electron chi connectivity index (χ4n) is 3.99. The summed E-state index contributed by atoms with van der Waals surface area (Å²) in [6.07, 6.45) is 8.63. The van der Waals surface area contributed by atoms with Crippen LogP contribution < -0.4 is 5.32 Å². The summed E-state index contributed by atoms with van der Waals surface area (Å²) in [6.45, 7) is 4.49. The quantitative estimate of drug-likeness (QED) is 0.694. The van der Waals surface area contributed by atoms with Gasteiger partial charge in [-0.3, -0.25) is 14.8 Å². The lowest BCUT2D eigenvalue weighted by molar-refractivity contribution is 0.0303. The SMILES string of the molecule is Cc1ccc(C(=O)N2CCOCC2)cc1Nc1cc(-c2cccnc2)nc2c1C=CC2. The van der Waals surface area contributed by atoms with Gasteiger partial charge in [-0.15, -0.1) is 0 Å². The summed E-state index contributed by atoms with van der Waals surface area (Å²) >= 11 is 0. The Kier molecular flexibility index (Phi) is 5.22. The van der Waals surface area contributed by atoms with Crippen LogP contribution in [-0.4, -0.2) is 47.1 Å². The van der Waals surface area contributed by atoms with Crippen molar-refractivity contribution in [1.82, 2.24) is 14.9 Å². The third kappa shape index (κ3) is 3.94. The molecule has 6 heteroatoms. The first-order valence-corrected chi connectivity index (χ1v) is 10.5. The number of nitrogens with zero attached hydrogens (tertiary/aromatic N) is 3. The molecule has 1 aliphatic carbocycles. The van der Waals surface area contributed by atoms with Crippen LogP contribution in [-0.2, 0) is 11.2 Å². The summed E-state index contributed by atoms with van der Waals surface area (Å²) in [7, 11) is 0. The minimum Gasteiger partial charge on any atom is -0.378 e. The van der Waals surface area contributed by atoms with E-state index in [0.717, 1.165) is 45.9 Å². The molecule has 2 aliphatic rings. The number of carbonyl (C=O) groups excluding carboxylic acids is 1. The highest BCUT2D eigenvalue weighted by molar-refractivity contribution is 5.96. The van der Waals surface area contributed by atoms with Crippen LogP contribution >= 0.6 is 0 Å². The predicted octanol–water partition coefficient (Wildman–Crippen LogP) is 4.24. The number of morpholine rings is 1. The normalized spacial score (nSPS) is 15.1. The molecule has 0 bridgehead atoms. The van der Waals surface area contributed by atoms with Gasteiger partial charge in [-0.25, -0.2) is 0 Å². The Labute approximate surface area is 181 Å². The van der Waals surface area contributed by atoms with Crippen molar-refractivity contribution in [1.29, 1.82) is 0 Å². The molecule has 1 saturated heterocycles. The molecule has 2 aromatic heterocycles. The van der Waals surface area contributed by atoms with Crippen LogP contribution in [0.4, 0.5) is 11.4 Å². The first-order valence-electron chi connectivity index (χ1n) is 10.5. The number of rotatable bonds is 4. The van der Waals surface area contributed by atoms with E-state index in [0.29, 0.717) is 31.9 Å². The van der Waals surface area contributed by atoms with Crippen LogP contribution in [0, 0.1) is 6.92 Å². The summed E-state index contributed by atoms with van der Waals surface area (Å²) in [4.78, 5) is 23.9. The number of ether oxygens (including phenoxy) is 1. The number of anilines is 2. The van der Waals surface area contributed by atoms with Gasteiger partial charge < -0.3 is 15.0 Å². The zero-order valence-electron chi connectivity index (χ0n) is 17.5. The van der Waals surface area contributed by atoms with Crippen molar-refractivity contribution >= 4 is 23.4 Å². The molecule has 5 rings (SSSR count). The number of aryl methyl sites for hydroxylation is 1. The van der Waals surface area contributed by atoms with Crippen LogP contribution in [0.3, 0.4) is 0 Å². The van der Waals surface area contributed by atoms with Crippen molar-refractivity contribution in [3.8, 4) is 11.3 Å². The monoisotopic (exact) mass is 412 g/mol. The molecular weight excluding hydrogens is 388 g/mol. The fourth-order valence-corrected chi connectivity index (χ4v) is 3.99. The number of pyridine rings is 2. The predicted molar refractivity (Wildman–Crippen MR) is 121 cm³/mol. The largest absolute Gasteiger partial charge is 0.378 e. The van der Waals surface area contributed by atoms with E-state index in [-0.39, 0.29) is 5.91 Å². The first kappa shape index (κ1) is 19.5. The van der Waals surface area contributed by atoms with Crippen LogP contribution in [0.5, 0.6) is 0 Å². The van der Waals surface area contributed by atoms with Gasteiger partial charge in [-0.2, -0.15) is 0 Å². The third-order valence-electron chi connectivity index (χ3n) is 5.74. The molecule has 156 valence electrons. The molecule has 1 amide bonds. The number of allylic oxidation sites excluding steroid dienone is 1. The number of benzene rings is 1. The van der Waals surface area contributed by atoms with E-state index in [1.165, 1.54) is 0 Å².